The smallest absolute Gasteiger partial charge is 0.275 e. The van der Waals surface area contributed by atoms with Crippen molar-refractivity contribution in [1.29, 1.82) is 0 Å². The van der Waals surface area contributed by atoms with Gasteiger partial charge in [0, 0.05) is 29.2 Å². The molecule has 0 aromatic heterocycles. The zero-order valence-corrected chi connectivity index (χ0v) is 12.1. The lowest BCUT2D eigenvalue weighted by Crippen LogP contribution is -2.21. The van der Waals surface area contributed by atoms with Gasteiger partial charge < -0.3 is 10.1 Å². The fraction of sp³-hybridized carbons (Fsp3) is 0.500. The number of hydrogen-bond donors (Lipinski definition) is 1. The molecule has 0 bridgehead atoms. The van der Waals surface area contributed by atoms with Crippen LogP contribution in [0.3, 0.4) is 0 Å². The molecular weight excluding hydrogens is 300 g/mol. The van der Waals surface area contributed by atoms with E-state index in [-0.39, 0.29) is 16.7 Å². The first-order valence-electron chi connectivity index (χ1n) is 5.76. The van der Waals surface area contributed by atoms with Crippen molar-refractivity contribution in [3.63, 3.8) is 0 Å². The van der Waals surface area contributed by atoms with Gasteiger partial charge in [-0.1, -0.05) is 15.9 Å². The Balaban J connectivity index is 2.49. The van der Waals surface area contributed by atoms with Crippen molar-refractivity contribution in [2.45, 2.75) is 26.5 Å². The summed E-state index contributed by atoms with van der Waals surface area (Å²) >= 11 is 3.23. The third-order valence-electron chi connectivity index (χ3n) is 2.29. The van der Waals surface area contributed by atoms with E-state index in [1.807, 2.05) is 13.8 Å². The summed E-state index contributed by atoms with van der Waals surface area (Å²) in [4.78, 5) is 10.5. The molecule has 0 heterocycles. The van der Waals surface area contributed by atoms with E-state index in [1.165, 1.54) is 6.07 Å². The molecule has 0 aliphatic heterocycles. The Bertz CT molecular complexity index is 410. The molecule has 5 nitrogen and oxygen atoms in total. The van der Waals surface area contributed by atoms with Crippen LogP contribution in [0.25, 0.3) is 0 Å². The first-order chi connectivity index (χ1) is 8.50. The summed E-state index contributed by atoms with van der Waals surface area (Å²) in [5.41, 5.74) is 0.800. The van der Waals surface area contributed by atoms with E-state index in [4.69, 9.17) is 4.74 Å². The molecule has 18 heavy (non-hydrogen) atoms. The van der Waals surface area contributed by atoms with Crippen molar-refractivity contribution in [1.82, 2.24) is 5.32 Å². The van der Waals surface area contributed by atoms with Crippen LogP contribution in [0.5, 0.6) is 0 Å². The maximum atomic E-state index is 10.9. The summed E-state index contributed by atoms with van der Waals surface area (Å²) in [6, 6.07) is 5.06. The van der Waals surface area contributed by atoms with Crippen LogP contribution in [0.4, 0.5) is 5.69 Å². The van der Waals surface area contributed by atoms with Gasteiger partial charge in [0.25, 0.3) is 5.69 Å². The molecule has 0 amide bonds. The number of nitro benzene ring substituents is 1. The van der Waals surface area contributed by atoms with Crippen LogP contribution in [0.1, 0.15) is 19.4 Å². The third-order valence-corrected chi connectivity index (χ3v) is 2.78. The summed E-state index contributed by atoms with van der Waals surface area (Å²) in [5, 5.41) is 14.0. The molecule has 0 atom stereocenters. The highest BCUT2D eigenvalue weighted by atomic mass is 79.9. The number of benzene rings is 1. The minimum Gasteiger partial charge on any atom is -0.377 e. The second-order valence-electron chi connectivity index (χ2n) is 4.13. The largest absolute Gasteiger partial charge is 0.377 e. The Labute approximate surface area is 115 Å². The number of ether oxygens (including phenoxy) is 1. The fourth-order valence-electron chi connectivity index (χ4n) is 1.45. The van der Waals surface area contributed by atoms with Gasteiger partial charge in [0.15, 0.2) is 0 Å². The van der Waals surface area contributed by atoms with Gasteiger partial charge in [0.05, 0.1) is 17.6 Å². The minimum atomic E-state index is -0.369. The number of nitrogens with zero attached hydrogens (tertiary/aromatic N) is 1. The van der Waals surface area contributed by atoms with E-state index in [0.717, 1.165) is 0 Å². The summed E-state index contributed by atoms with van der Waals surface area (Å²) in [7, 11) is 0. The molecule has 1 aromatic rings. The van der Waals surface area contributed by atoms with Gasteiger partial charge in [0.2, 0.25) is 0 Å². The van der Waals surface area contributed by atoms with Crippen LogP contribution in [-0.2, 0) is 11.3 Å². The van der Waals surface area contributed by atoms with Crippen LogP contribution in [0, 0.1) is 10.1 Å². The van der Waals surface area contributed by atoms with Gasteiger partial charge in [-0.2, -0.15) is 0 Å². The highest BCUT2D eigenvalue weighted by Crippen LogP contribution is 2.23. The molecule has 0 fully saturated rings. The van der Waals surface area contributed by atoms with Crippen LogP contribution in [-0.4, -0.2) is 24.2 Å². The van der Waals surface area contributed by atoms with Gasteiger partial charge in [-0.15, -0.1) is 0 Å². The van der Waals surface area contributed by atoms with Gasteiger partial charge >= 0.3 is 0 Å². The predicted octanol–water partition coefficient (Wildman–Crippen LogP) is 2.87. The average molecular weight is 317 g/mol. The fourth-order valence-corrected chi connectivity index (χ4v) is 1.80. The number of halogens is 1. The minimum absolute atomic E-state index is 0.127. The van der Waals surface area contributed by atoms with E-state index in [0.29, 0.717) is 29.7 Å². The standard InChI is InChI=1S/C12H17BrN2O3/c1-9(2)18-6-5-14-8-10-3-4-11(13)7-12(10)15(16)17/h3-4,7,9,14H,5-6,8H2,1-2H3. The first-order valence-corrected chi connectivity index (χ1v) is 6.55. The van der Waals surface area contributed by atoms with Crippen molar-refractivity contribution >= 4 is 21.6 Å². The molecule has 0 spiro atoms. The van der Waals surface area contributed by atoms with Gasteiger partial charge in [-0.25, -0.2) is 0 Å². The van der Waals surface area contributed by atoms with E-state index in [2.05, 4.69) is 21.2 Å². The molecule has 0 saturated heterocycles. The summed E-state index contributed by atoms with van der Waals surface area (Å²) in [6.07, 6.45) is 0.203. The number of hydrogen-bond acceptors (Lipinski definition) is 4. The van der Waals surface area contributed by atoms with Crippen molar-refractivity contribution < 1.29 is 9.66 Å². The monoisotopic (exact) mass is 316 g/mol. The van der Waals surface area contributed by atoms with Crippen molar-refractivity contribution in [2.75, 3.05) is 13.2 Å². The first kappa shape index (κ1) is 15.1. The molecule has 0 radical (unpaired) electrons. The molecular formula is C12H17BrN2O3. The van der Waals surface area contributed by atoms with E-state index < -0.39 is 0 Å². The topological polar surface area (TPSA) is 64.4 Å². The molecule has 0 aliphatic rings. The van der Waals surface area contributed by atoms with Crippen LogP contribution < -0.4 is 5.32 Å². The molecule has 1 aromatic carbocycles. The van der Waals surface area contributed by atoms with Gasteiger partial charge in [-0.05, 0) is 26.0 Å². The zero-order chi connectivity index (χ0) is 13.5. The number of rotatable bonds is 7. The molecule has 0 aliphatic carbocycles. The molecule has 6 heteroatoms. The summed E-state index contributed by atoms with van der Waals surface area (Å²) in [5.74, 6) is 0. The normalized spacial score (nSPS) is 10.9. The average Bonchev–Trinajstić information content (AvgIpc) is 2.29. The molecule has 0 saturated carbocycles. The Hall–Kier alpha value is -0.980. The Morgan fingerprint density at radius 1 is 1.50 bits per heavy atom. The van der Waals surface area contributed by atoms with Crippen molar-refractivity contribution in [2.24, 2.45) is 0 Å². The predicted molar refractivity (Wildman–Crippen MR) is 73.6 cm³/mol. The Morgan fingerprint density at radius 3 is 2.83 bits per heavy atom. The highest BCUT2D eigenvalue weighted by molar-refractivity contribution is 9.10. The number of nitrogens with one attached hydrogen (secondary N) is 1. The lowest BCUT2D eigenvalue weighted by molar-refractivity contribution is -0.385. The third kappa shape index (κ3) is 5.12. The van der Waals surface area contributed by atoms with Crippen LogP contribution >= 0.6 is 15.9 Å². The molecule has 100 valence electrons. The zero-order valence-electron chi connectivity index (χ0n) is 10.5. The molecule has 0 unspecified atom stereocenters. The van der Waals surface area contributed by atoms with E-state index in [1.54, 1.807) is 12.1 Å². The second kappa shape index (κ2) is 7.45. The maximum absolute atomic E-state index is 10.9. The van der Waals surface area contributed by atoms with Crippen LogP contribution in [0.15, 0.2) is 22.7 Å². The maximum Gasteiger partial charge on any atom is 0.275 e. The van der Waals surface area contributed by atoms with Crippen molar-refractivity contribution in [3.8, 4) is 0 Å². The quantitative estimate of drug-likeness (QED) is 0.477. The van der Waals surface area contributed by atoms with E-state index >= 15 is 0 Å². The molecule has 1 rings (SSSR count). The lowest BCUT2D eigenvalue weighted by atomic mass is 10.2. The van der Waals surface area contributed by atoms with Gasteiger partial charge in [-0.3, -0.25) is 10.1 Å². The van der Waals surface area contributed by atoms with Crippen molar-refractivity contribution in [3.05, 3.63) is 38.3 Å². The Morgan fingerprint density at radius 2 is 2.22 bits per heavy atom. The van der Waals surface area contributed by atoms with E-state index in [9.17, 15) is 10.1 Å². The summed E-state index contributed by atoms with van der Waals surface area (Å²) < 4.78 is 6.08. The number of nitro groups is 1. The SMILES string of the molecule is CC(C)OCCNCc1ccc(Br)cc1[N+](=O)[O-]. The summed E-state index contributed by atoms with van der Waals surface area (Å²) in [6.45, 7) is 5.68. The molecule has 1 N–H and O–H groups in total. The van der Waals surface area contributed by atoms with Crippen LogP contribution in [0.2, 0.25) is 0 Å². The highest BCUT2D eigenvalue weighted by Gasteiger charge is 2.13. The second-order valence-corrected chi connectivity index (χ2v) is 5.04. The van der Waals surface area contributed by atoms with Gasteiger partial charge in [0.1, 0.15) is 0 Å². The lowest BCUT2D eigenvalue weighted by Gasteiger charge is -2.09. The Kier molecular flexibility index (Phi) is 6.24.